The molecule has 1 aromatic heterocycles. The Hall–Kier alpha value is -2.16. The summed E-state index contributed by atoms with van der Waals surface area (Å²) in [5, 5.41) is 3.08. The van der Waals surface area contributed by atoms with Crippen molar-refractivity contribution in [3.05, 3.63) is 10.6 Å². The molecule has 2 aliphatic carbocycles. The standard InChI is InChI=1S/C19H29N5O3S/c20-15-16(18(21)26)23-28-17(15)19(27)24(13-9-5-2-6-10-13)11-14(25)22-12-7-3-1-4-8-12/h12-13H,1-11,20H2,(H2,21,26)(H,22,25). The maximum Gasteiger partial charge on any atom is 0.270 e. The molecule has 0 aromatic carbocycles. The Labute approximate surface area is 169 Å². The van der Waals surface area contributed by atoms with Crippen LogP contribution in [0.25, 0.3) is 0 Å². The number of aromatic nitrogens is 1. The molecule has 2 fully saturated rings. The van der Waals surface area contributed by atoms with E-state index in [1.165, 1.54) is 6.42 Å². The molecular weight excluding hydrogens is 378 g/mol. The number of anilines is 1. The normalized spacial score (nSPS) is 18.6. The Morgan fingerprint density at radius 1 is 1.04 bits per heavy atom. The first-order valence-electron chi connectivity index (χ1n) is 10.1. The molecule has 3 amide bonds. The number of rotatable bonds is 6. The highest BCUT2D eigenvalue weighted by Crippen LogP contribution is 2.28. The highest BCUT2D eigenvalue weighted by Gasteiger charge is 2.32. The van der Waals surface area contributed by atoms with E-state index in [9.17, 15) is 14.4 Å². The smallest absolute Gasteiger partial charge is 0.270 e. The minimum Gasteiger partial charge on any atom is -0.395 e. The molecule has 28 heavy (non-hydrogen) atoms. The molecule has 1 aromatic rings. The van der Waals surface area contributed by atoms with E-state index in [1.807, 2.05) is 0 Å². The van der Waals surface area contributed by atoms with Gasteiger partial charge >= 0.3 is 0 Å². The summed E-state index contributed by atoms with van der Waals surface area (Å²) in [6, 6.07) is 0.191. The quantitative estimate of drug-likeness (QED) is 0.664. The van der Waals surface area contributed by atoms with Crippen LogP contribution in [0.3, 0.4) is 0 Å². The van der Waals surface area contributed by atoms with Gasteiger partial charge in [0.1, 0.15) is 11.4 Å². The van der Waals surface area contributed by atoms with E-state index in [0.29, 0.717) is 0 Å². The maximum absolute atomic E-state index is 13.2. The van der Waals surface area contributed by atoms with Crippen molar-refractivity contribution in [2.45, 2.75) is 76.3 Å². The van der Waals surface area contributed by atoms with Crippen LogP contribution in [-0.2, 0) is 4.79 Å². The van der Waals surface area contributed by atoms with Gasteiger partial charge in [-0.25, -0.2) is 0 Å². The van der Waals surface area contributed by atoms with Crippen LogP contribution < -0.4 is 16.8 Å². The van der Waals surface area contributed by atoms with Gasteiger partial charge in [-0.05, 0) is 37.2 Å². The number of nitrogens with zero attached hydrogens (tertiary/aromatic N) is 2. The van der Waals surface area contributed by atoms with Crippen LogP contribution in [-0.4, -0.2) is 45.6 Å². The topological polar surface area (TPSA) is 131 Å². The molecule has 0 atom stereocenters. The average Bonchev–Trinajstić information content (AvgIpc) is 3.09. The second kappa shape index (κ2) is 9.36. The maximum atomic E-state index is 13.2. The monoisotopic (exact) mass is 407 g/mol. The van der Waals surface area contributed by atoms with E-state index in [2.05, 4.69) is 9.69 Å². The minimum absolute atomic E-state index is 0.00289. The number of nitrogen functional groups attached to an aromatic ring is 1. The molecule has 8 nitrogen and oxygen atoms in total. The molecule has 0 bridgehead atoms. The molecule has 5 N–H and O–H groups in total. The summed E-state index contributed by atoms with van der Waals surface area (Å²) in [5.41, 5.74) is 11.1. The van der Waals surface area contributed by atoms with Crippen LogP contribution in [0, 0.1) is 0 Å². The SMILES string of the molecule is NC(=O)c1nsc(C(=O)N(CC(=O)NC2CCCCC2)C2CCCCC2)c1N. The van der Waals surface area contributed by atoms with Crippen molar-refractivity contribution in [2.75, 3.05) is 12.3 Å². The van der Waals surface area contributed by atoms with Crippen molar-refractivity contribution in [3.8, 4) is 0 Å². The number of hydrogen-bond acceptors (Lipinski definition) is 6. The summed E-state index contributed by atoms with van der Waals surface area (Å²) >= 11 is 0.869. The van der Waals surface area contributed by atoms with Crippen LogP contribution >= 0.6 is 11.5 Å². The Morgan fingerprint density at radius 3 is 2.21 bits per heavy atom. The van der Waals surface area contributed by atoms with E-state index in [4.69, 9.17) is 11.5 Å². The third-order valence-electron chi connectivity index (χ3n) is 5.72. The molecule has 0 spiro atoms. The van der Waals surface area contributed by atoms with E-state index >= 15 is 0 Å². The fourth-order valence-electron chi connectivity index (χ4n) is 4.19. The van der Waals surface area contributed by atoms with Gasteiger partial charge in [-0.3, -0.25) is 14.4 Å². The molecular formula is C19H29N5O3S. The number of carbonyl (C=O) groups is 3. The number of nitrogens with one attached hydrogen (secondary N) is 1. The molecule has 3 rings (SSSR count). The zero-order valence-electron chi connectivity index (χ0n) is 16.1. The highest BCUT2D eigenvalue weighted by atomic mass is 32.1. The number of amides is 3. The molecule has 9 heteroatoms. The first-order valence-corrected chi connectivity index (χ1v) is 10.9. The van der Waals surface area contributed by atoms with E-state index in [-0.39, 0.29) is 46.7 Å². The van der Waals surface area contributed by atoms with Crippen LogP contribution in [0.2, 0.25) is 0 Å². The third kappa shape index (κ3) is 4.81. The summed E-state index contributed by atoms with van der Waals surface area (Å²) in [4.78, 5) is 39.1. The van der Waals surface area contributed by atoms with Gasteiger partial charge in [0.25, 0.3) is 11.8 Å². The lowest BCUT2D eigenvalue weighted by molar-refractivity contribution is -0.123. The number of hydrogen-bond donors (Lipinski definition) is 3. The van der Waals surface area contributed by atoms with Crippen molar-refractivity contribution in [3.63, 3.8) is 0 Å². The van der Waals surface area contributed by atoms with Gasteiger partial charge in [0.05, 0.1) is 5.69 Å². The number of nitrogens with two attached hydrogens (primary N) is 2. The predicted octanol–water partition coefficient (Wildman–Crippen LogP) is 2.05. The zero-order chi connectivity index (χ0) is 20.1. The molecule has 0 radical (unpaired) electrons. The Balaban J connectivity index is 1.75. The lowest BCUT2D eigenvalue weighted by Gasteiger charge is -2.34. The van der Waals surface area contributed by atoms with Crippen LogP contribution in [0.1, 0.15) is 84.4 Å². The van der Waals surface area contributed by atoms with Gasteiger partial charge in [-0.15, -0.1) is 0 Å². The van der Waals surface area contributed by atoms with Crippen molar-refractivity contribution in [2.24, 2.45) is 5.73 Å². The fraction of sp³-hybridized carbons (Fsp3) is 0.684. The van der Waals surface area contributed by atoms with E-state index < -0.39 is 5.91 Å². The van der Waals surface area contributed by atoms with Gasteiger partial charge in [-0.1, -0.05) is 38.5 Å². The lowest BCUT2D eigenvalue weighted by atomic mass is 9.93. The van der Waals surface area contributed by atoms with Crippen LogP contribution in [0.15, 0.2) is 0 Å². The van der Waals surface area contributed by atoms with Gasteiger partial charge in [0, 0.05) is 12.1 Å². The molecule has 2 aliphatic rings. The molecule has 2 saturated carbocycles. The highest BCUT2D eigenvalue weighted by molar-refractivity contribution is 7.09. The number of carbonyl (C=O) groups excluding carboxylic acids is 3. The summed E-state index contributed by atoms with van der Waals surface area (Å²) in [6.07, 6.45) is 10.4. The number of primary amides is 1. The second-order valence-electron chi connectivity index (χ2n) is 7.77. The van der Waals surface area contributed by atoms with E-state index in [1.54, 1.807) is 4.90 Å². The summed E-state index contributed by atoms with van der Waals surface area (Å²) in [7, 11) is 0. The minimum atomic E-state index is -0.757. The third-order valence-corrected chi connectivity index (χ3v) is 6.57. The first kappa shape index (κ1) is 20.6. The predicted molar refractivity (Wildman–Crippen MR) is 108 cm³/mol. The van der Waals surface area contributed by atoms with Crippen molar-refractivity contribution >= 4 is 34.9 Å². The summed E-state index contributed by atoms with van der Waals surface area (Å²) < 4.78 is 3.93. The molecule has 0 aliphatic heterocycles. The van der Waals surface area contributed by atoms with Gasteiger partial charge in [0.2, 0.25) is 5.91 Å². The fourth-order valence-corrected chi connectivity index (χ4v) is 4.96. The first-order chi connectivity index (χ1) is 13.5. The summed E-state index contributed by atoms with van der Waals surface area (Å²) in [6.45, 7) is 0.00322. The molecule has 0 unspecified atom stereocenters. The molecule has 1 heterocycles. The largest absolute Gasteiger partial charge is 0.395 e. The zero-order valence-corrected chi connectivity index (χ0v) is 16.9. The van der Waals surface area contributed by atoms with Crippen molar-refractivity contribution in [1.82, 2.24) is 14.6 Å². The Morgan fingerprint density at radius 2 is 1.64 bits per heavy atom. The van der Waals surface area contributed by atoms with Gasteiger partial charge < -0.3 is 21.7 Å². The lowest BCUT2D eigenvalue weighted by Crippen LogP contribution is -2.49. The molecule has 154 valence electrons. The second-order valence-corrected chi connectivity index (χ2v) is 8.54. The Bertz CT molecular complexity index is 723. The van der Waals surface area contributed by atoms with Crippen molar-refractivity contribution in [1.29, 1.82) is 0 Å². The Kier molecular flexibility index (Phi) is 6.88. The van der Waals surface area contributed by atoms with Gasteiger partial charge in [-0.2, -0.15) is 4.37 Å². The van der Waals surface area contributed by atoms with Crippen LogP contribution in [0.4, 0.5) is 5.69 Å². The van der Waals surface area contributed by atoms with Gasteiger partial charge in [0.15, 0.2) is 5.69 Å². The molecule has 0 saturated heterocycles. The van der Waals surface area contributed by atoms with Crippen LogP contribution in [0.5, 0.6) is 0 Å². The summed E-state index contributed by atoms with van der Waals surface area (Å²) in [5.74, 6) is -1.23. The van der Waals surface area contributed by atoms with E-state index in [0.717, 1.165) is 69.3 Å². The van der Waals surface area contributed by atoms with Crippen molar-refractivity contribution < 1.29 is 14.4 Å². The average molecular weight is 408 g/mol.